The number of pyridine rings is 1. The second-order valence-electron chi connectivity index (χ2n) is 12.3. The van der Waals surface area contributed by atoms with E-state index in [0.29, 0.717) is 11.3 Å². The van der Waals surface area contributed by atoms with Gasteiger partial charge in [-0.2, -0.15) is 5.26 Å². The number of aromatic nitrogens is 3. The van der Waals surface area contributed by atoms with Crippen molar-refractivity contribution in [2.75, 3.05) is 0 Å². The second-order valence-corrected chi connectivity index (χ2v) is 13.4. The molecule has 4 aromatic heterocycles. The van der Waals surface area contributed by atoms with Crippen LogP contribution < -0.4 is 0 Å². The van der Waals surface area contributed by atoms with Crippen molar-refractivity contribution in [2.24, 2.45) is 0 Å². The number of nitrogens with zero attached hydrogens (tertiary/aromatic N) is 5. The van der Waals surface area contributed by atoms with Gasteiger partial charge < -0.3 is 9.13 Å². The zero-order valence-electron chi connectivity index (χ0n) is 25.9. The first kappa shape index (κ1) is 27.4. The number of hydrogen-bond acceptors (Lipinski definition) is 3. The molecule has 0 aliphatic heterocycles. The van der Waals surface area contributed by atoms with E-state index in [2.05, 4.69) is 105 Å². The average Bonchev–Trinajstić information content (AvgIpc) is 3.80. The third-order valence-corrected chi connectivity index (χ3v) is 10.7. The summed E-state index contributed by atoms with van der Waals surface area (Å²) in [5.74, 6) is 0. The lowest BCUT2D eigenvalue weighted by molar-refractivity contribution is 1.17. The van der Waals surface area contributed by atoms with Crippen molar-refractivity contribution in [3.63, 3.8) is 0 Å². The van der Waals surface area contributed by atoms with Crippen molar-refractivity contribution in [3.8, 4) is 28.6 Å². The topological polar surface area (TPSA) is 50.9 Å². The van der Waals surface area contributed by atoms with E-state index in [1.54, 1.807) is 0 Å². The van der Waals surface area contributed by atoms with Gasteiger partial charge in [-0.25, -0.2) is 4.85 Å². The van der Waals surface area contributed by atoms with Gasteiger partial charge in [0.2, 0.25) is 0 Å². The molecular weight excluding hydrogens is 619 g/mol. The lowest BCUT2D eigenvalue weighted by atomic mass is 10.0. The summed E-state index contributed by atoms with van der Waals surface area (Å²) in [6.07, 6.45) is 1.87. The highest BCUT2D eigenvalue weighted by atomic mass is 32.1. The summed E-state index contributed by atoms with van der Waals surface area (Å²) in [5, 5.41) is 15.3. The first-order chi connectivity index (χ1) is 24.2. The molecule has 0 saturated heterocycles. The molecule has 0 radical (unpaired) electrons. The van der Waals surface area contributed by atoms with Gasteiger partial charge in [-0.1, -0.05) is 48.5 Å². The number of rotatable bonds is 3. The van der Waals surface area contributed by atoms with Crippen molar-refractivity contribution < 1.29 is 0 Å². The molecule has 0 amide bonds. The van der Waals surface area contributed by atoms with Gasteiger partial charge >= 0.3 is 0 Å². The standard InChI is InChI=1S/C43H23N5S/c1-45-29-19-28(21-31(22-29)48-37-12-4-2-10-32(37)34-18-26(25-44)15-16-38(34)48)27-8-6-9-30(20-27)47-39-13-7-17-46-43(39)36-23-35-33-11-3-5-14-41(33)49-42(35)24-40(36)47/h2-24H. The maximum atomic E-state index is 9.61. The molecule has 0 fully saturated rings. The van der Waals surface area contributed by atoms with Crippen LogP contribution in [-0.2, 0) is 0 Å². The number of nitriles is 1. The highest BCUT2D eigenvalue weighted by Gasteiger charge is 2.18. The Balaban J connectivity index is 1.19. The van der Waals surface area contributed by atoms with Gasteiger partial charge in [-0.3, -0.25) is 4.98 Å². The summed E-state index contributed by atoms with van der Waals surface area (Å²) >= 11 is 1.82. The van der Waals surface area contributed by atoms with Crippen LogP contribution in [-0.4, -0.2) is 14.1 Å². The minimum Gasteiger partial charge on any atom is -0.310 e. The zero-order valence-corrected chi connectivity index (χ0v) is 26.7. The molecule has 10 rings (SSSR count). The number of para-hydroxylation sites is 1. The molecule has 0 aliphatic carbocycles. The number of hydrogen-bond donors (Lipinski definition) is 0. The van der Waals surface area contributed by atoms with Crippen molar-refractivity contribution in [3.05, 3.63) is 157 Å². The third kappa shape index (κ3) is 4.06. The fraction of sp³-hybridized carbons (Fsp3) is 0. The van der Waals surface area contributed by atoms with Crippen LogP contribution in [0, 0.1) is 17.9 Å². The molecule has 0 saturated carbocycles. The second kappa shape index (κ2) is 10.4. The molecule has 10 aromatic rings. The van der Waals surface area contributed by atoms with Crippen LogP contribution in [0.4, 0.5) is 5.69 Å². The van der Waals surface area contributed by atoms with E-state index in [1.165, 1.54) is 20.2 Å². The molecule has 0 bridgehead atoms. The van der Waals surface area contributed by atoms with E-state index < -0.39 is 0 Å². The fourth-order valence-electron chi connectivity index (χ4n) is 7.43. The molecule has 6 heteroatoms. The Bertz CT molecular complexity index is 3090. The van der Waals surface area contributed by atoms with E-state index in [0.717, 1.165) is 66.2 Å². The molecule has 6 aromatic carbocycles. The highest BCUT2D eigenvalue weighted by molar-refractivity contribution is 7.25. The van der Waals surface area contributed by atoms with Crippen LogP contribution in [0.2, 0.25) is 0 Å². The minimum atomic E-state index is 0.561. The molecule has 0 atom stereocenters. The van der Waals surface area contributed by atoms with Crippen LogP contribution >= 0.6 is 11.3 Å². The predicted octanol–water partition coefficient (Wildman–Crippen LogP) is 11.7. The summed E-state index contributed by atoms with van der Waals surface area (Å²) in [5.41, 5.74) is 10.2. The lowest BCUT2D eigenvalue weighted by Crippen LogP contribution is -1.96. The van der Waals surface area contributed by atoms with Gasteiger partial charge in [0.15, 0.2) is 5.69 Å². The first-order valence-corrected chi connectivity index (χ1v) is 16.8. The minimum absolute atomic E-state index is 0.561. The van der Waals surface area contributed by atoms with Crippen LogP contribution in [0.5, 0.6) is 0 Å². The molecular formula is C43H23N5S. The molecule has 226 valence electrons. The molecule has 0 spiro atoms. The van der Waals surface area contributed by atoms with Gasteiger partial charge in [-0.15, -0.1) is 11.3 Å². The number of thiophene rings is 1. The van der Waals surface area contributed by atoms with E-state index in [4.69, 9.17) is 11.6 Å². The van der Waals surface area contributed by atoms with Crippen molar-refractivity contribution in [2.45, 2.75) is 0 Å². The van der Waals surface area contributed by atoms with Gasteiger partial charge in [0.05, 0.1) is 45.8 Å². The molecule has 0 N–H and O–H groups in total. The van der Waals surface area contributed by atoms with Crippen LogP contribution in [0.15, 0.2) is 140 Å². The van der Waals surface area contributed by atoms with Gasteiger partial charge in [0, 0.05) is 53.9 Å². The van der Waals surface area contributed by atoms with Crippen LogP contribution in [0.25, 0.3) is 91.3 Å². The summed E-state index contributed by atoms with van der Waals surface area (Å²) in [4.78, 5) is 8.76. The third-order valence-electron chi connectivity index (χ3n) is 9.55. The maximum Gasteiger partial charge on any atom is 0.189 e. The Kier molecular flexibility index (Phi) is 5.81. The van der Waals surface area contributed by atoms with Gasteiger partial charge in [0.1, 0.15) is 0 Å². The molecule has 0 unspecified atom stereocenters. The van der Waals surface area contributed by atoms with Crippen LogP contribution in [0.3, 0.4) is 0 Å². The molecule has 49 heavy (non-hydrogen) atoms. The van der Waals surface area contributed by atoms with Crippen molar-refractivity contribution >= 4 is 80.9 Å². The maximum absolute atomic E-state index is 9.61. The Hall–Kier alpha value is -6.73. The summed E-state index contributed by atoms with van der Waals surface area (Å²) in [6, 6.07) is 48.3. The molecule has 0 aliphatic rings. The van der Waals surface area contributed by atoms with Gasteiger partial charge in [-0.05, 0) is 96.1 Å². The SMILES string of the molecule is [C-]#[N+]c1cc(-c2cccc(-n3c4cc5sc6ccccc6c5cc4c4ncccc43)c2)cc(-n2c3ccccc3c3cc(C#N)ccc32)c1. The number of fused-ring (bicyclic) bond motifs is 9. The summed E-state index contributed by atoms with van der Waals surface area (Å²) in [7, 11) is 0. The predicted molar refractivity (Wildman–Crippen MR) is 202 cm³/mol. The Morgan fingerprint density at radius 2 is 1.37 bits per heavy atom. The van der Waals surface area contributed by atoms with Gasteiger partial charge in [0.25, 0.3) is 0 Å². The van der Waals surface area contributed by atoms with Crippen molar-refractivity contribution in [1.82, 2.24) is 14.1 Å². The first-order valence-electron chi connectivity index (χ1n) is 16.0. The monoisotopic (exact) mass is 641 g/mol. The Morgan fingerprint density at radius 1 is 0.571 bits per heavy atom. The largest absolute Gasteiger partial charge is 0.310 e. The highest BCUT2D eigenvalue weighted by Crippen LogP contribution is 2.41. The molecule has 4 heterocycles. The zero-order chi connectivity index (χ0) is 32.6. The van der Waals surface area contributed by atoms with E-state index in [1.807, 2.05) is 66.1 Å². The molecule has 5 nitrogen and oxygen atoms in total. The number of benzene rings is 6. The Labute approximate surface area is 284 Å². The normalized spacial score (nSPS) is 11.6. The van der Waals surface area contributed by atoms with E-state index in [9.17, 15) is 5.26 Å². The van der Waals surface area contributed by atoms with E-state index >= 15 is 0 Å². The quantitative estimate of drug-likeness (QED) is 0.180. The van der Waals surface area contributed by atoms with Crippen molar-refractivity contribution in [1.29, 1.82) is 5.26 Å². The smallest absolute Gasteiger partial charge is 0.189 e. The van der Waals surface area contributed by atoms with Crippen LogP contribution in [0.1, 0.15) is 5.56 Å². The lowest BCUT2D eigenvalue weighted by Gasteiger charge is -2.13. The van der Waals surface area contributed by atoms with E-state index in [-0.39, 0.29) is 0 Å². The summed E-state index contributed by atoms with van der Waals surface area (Å²) < 4.78 is 7.03. The summed E-state index contributed by atoms with van der Waals surface area (Å²) in [6.45, 7) is 8.02. The fourth-order valence-corrected chi connectivity index (χ4v) is 8.55. The Morgan fingerprint density at radius 3 is 2.27 bits per heavy atom. The average molecular weight is 642 g/mol.